The number of rotatable bonds is 8. The van der Waals surface area contributed by atoms with Gasteiger partial charge in [-0.15, -0.1) is 0 Å². The summed E-state index contributed by atoms with van der Waals surface area (Å²) in [6.07, 6.45) is 11.0. The Kier molecular flexibility index (Phi) is 7.96. The highest BCUT2D eigenvalue weighted by Gasteiger charge is 2.51. The van der Waals surface area contributed by atoms with Gasteiger partial charge >= 0.3 is 0 Å². The molecule has 0 saturated heterocycles. The van der Waals surface area contributed by atoms with Crippen LogP contribution in [0.1, 0.15) is 69.8 Å². The summed E-state index contributed by atoms with van der Waals surface area (Å²) in [5, 5.41) is 10.4. The van der Waals surface area contributed by atoms with Crippen molar-refractivity contribution in [3.05, 3.63) is 47.5 Å². The number of carbonyl (C=O) groups is 1. The van der Waals surface area contributed by atoms with E-state index in [4.69, 9.17) is 9.47 Å². The van der Waals surface area contributed by atoms with Crippen molar-refractivity contribution in [2.45, 2.75) is 82.3 Å². The number of hydrogen-bond acceptors (Lipinski definition) is 5. The Balaban J connectivity index is 1.55. The Bertz CT molecular complexity index is 1110. The minimum atomic E-state index is -0.969. The van der Waals surface area contributed by atoms with Gasteiger partial charge in [0.25, 0.3) is 0 Å². The zero-order valence-electron chi connectivity index (χ0n) is 22.4. The van der Waals surface area contributed by atoms with Crippen LogP contribution in [0, 0.1) is 23.5 Å². The number of ether oxygens (including phenoxy) is 2. The second-order valence-electron chi connectivity index (χ2n) is 11.1. The van der Waals surface area contributed by atoms with Crippen molar-refractivity contribution in [2.24, 2.45) is 11.8 Å². The lowest BCUT2D eigenvalue weighted by Gasteiger charge is -2.44. The summed E-state index contributed by atoms with van der Waals surface area (Å²) in [5.74, 6) is -0.926. The van der Waals surface area contributed by atoms with E-state index in [9.17, 15) is 13.6 Å². The van der Waals surface area contributed by atoms with Gasteiger partial charge in [-0.05, 0) is 49.3 Å². The Hall–Kier alpha value is -3.03. The quantitative estimate of drug-likeness (QED) is 0.370. The Morgan fingerprint density at radius 2 is 1.47 bits per heavy atom. The zero-order chi connectivity index (χ0) is 26.7. The normalized spacial score (nSPS) is 20.1. The van der Waals surface area contributed by atoms with E-state index in [0.29, 0.717) is 29.3 Å². The van der Waals surface area contributed by atoms with E-state index in [1.165, 1.54) is 18.6 Å². The molecule has 38 heavy (non-hydrogen) atoms. The molecule has 2 fully saturated rings. The number of nitrogens with one attached hydrogen (secondary N) is 3. The van der Waals surface area contributed by atoms with Gasteiger partial charge in [0.15, 0.2) is 23.1 Å². The molecular weight excluding hydrogens is 488 g/mol. The van der Waals surface area contributed by atoms with E-state index in [1.54, 1.807) is 14.2 Å². The number of benzene rings is 2. The lowest BCUT2D eigenvalue weighted by molar-refractivity contribution is -0.130. The van der Waals surface area contributed by atoms with Crippen LogP contribution in [0.3, 0.4) is 0 Å². The van der Waals surface area contributed by atoms with Crippen molar-refractivity contribution < 1.29 is 23.0 Å². The molecule has 2 aromatic carbocycles. The van der Waals surface area contributed by atoms with Crippen molar-refractivity contribution in [2.75, 3.05) is 24.9 Å². The van der Waals surface area contributed by atoms with Gasteiger partial charge in [0.1, 0.15) is 5.66 Å². The van der Waals surface area contributed by atoms with Crippen LogP contribution in [0.15, 0.2) is 30.3 Å². The lowest BCUT2D eigenvalue weighted by Crippen LogP contribution is -2.60. The molecule has 3 N–H and O–H groups in total. The first-order valence-electron chi connectivity index (χ1n) is 14.0. The summed E-state index contributed by atoms with van der Waals surface area (Å²) in [5.41, 5.74) is 0.886. The summed E-state index contributed by atoms with van der Waals surface area (Å²) >= 11 is 0. The van der Waals surface area contributed by atoms with Gasteiger partial charge in [0.05, 0.1) is 31.5 Å². The highest BCUT2D eigenvalue weighted by Crippen LogP contribution is 2.46. The predicted molar refractivity (Wildman–Crippen MR) is 145 cm³/mol. The number of anilines is 2. The molecular formula is C30H39F2N3O3. The highest BCUT2D eigenvalue weighted by atomic mass is 19.2. The largest absolute Gasteiger partial charge is 0.493 e. The van der Waals surface area contributed by atoms with Crippen LogP contribution in [0.4, 0.5) is 20.2 Å². The molecule has 6 nitrogen and oxygen atoms in total. The maximum atomic E-state index is 14.3. The van der Waals surface area contributed by atoms with E-state index in [2.05, 4.69) is 16.0 Å². The first-order valence-corrected chi connectivity index (χ1v) is 14.0. The molecule has 206 valence electrons. The number of halogens is 2. The van der Waals surface area contributed by atoms with E-state index in [-0.39, 0.29) is 17.9 Å². The van der Waals surface area contributed by atoms with Crippen molar-refractivity contribution >= 4 is 17.3 Å². The van der Waals surface area contributed by atoms with Crippen molar-refractivity contribution in [3.8, 4) is 11.5 Å². The molecule has 0 aromatic heterocycles. The van der Waals surface area contributed by atoms with Crippen LogP contribution < -0.4 is 25.4 Å². The molecule has 2 aliphatic carbocycles. The van der Waals surface area contributed by atoms with Crippen molar-refractivity contribution in [1.82, 2.24) is 5.32 Å². The Labute approximate surface area is 223 Å². The lowest BCUT2D eigenvalue weighted by atomic mass is 9.71. The third-order valence-corrected chi connectivity index (χ3v) is 8.59. The smallest absolute Gasteiger partial charge is 0.227 e. The van der Waals surface area contributed by atoms with Crippen molar-refractivity contribution in [1.29, 1.82) is 0 Å². The summed E-state index contributed by atoms with van der Waals surface area (Å²) in [4.78, 5) is 14.2. The highest BCUT2D eigenvalue weighted by molar-refractivity contribution is 5.86. The maximum Gasteiger partial charge on any atom is 0.227 e. The van der Waals surface area contributed by atoms with Gasteiger partial charge in [-0.25, -0.2) is 8.78 Å². The summed E-state index contributed by atoms with van der Waals surface area (Å²) in [6, 6.07) is 8.24. The molecule has 1 amide bonds. The molecule has 3 aliphatic rings. The molecule has 1 aliphatic heterocycles. The van der Waals surface area contributed by atoms with E-state index in [0.717, 1.165) is 63.4 Å². The van der Waals surface area contributed by atoms with Crippen LogP contribution in [0.5, 0.6) is 11.5 Å². The number of methoxy groups -OCH3 is 2. The molecule has 2 saturated carbocycles. The third kappa shape index (κ3) is 5.40. The summed E-state index contributed by atoms with van der Waals surface area (Å²) < 4.78 is 39.6. The topological polar surface area (TPSA) is 71.6 Å². The van der Waals surface area contributed by atoms with E-state index < -0.39 is 23.2 Å². The second-order valence-corrected chi connectivity index (χ2v) is 11.1. The SMILES string of the molecule is COc1ccc(CC2(C(C(=O)NC3CCCCC3)C3CCCCC3)Nc3cc(F)c(F)cc3N2)cc1OC. The summed E-state index contributed by atoms with van der Waals surface area (Å²) in [7, 11) is 3.18. The molecule has 1 heterocycles. The van der Waals surface area contributed by atoms with Crippen molar-refractivity contribution in [3.63, 3.8) is 0 Å². The van der Waals surface area contributed by atoms with Crippen LogP contribution in [0.2, 0.25) is 0 Å². The molecule has 0 spiro atoms. The minimum absolute atomic E-state index is 0.0121. The van der Waals surface area contributed by atoms with Gasteiger partial charge in [0.2, 0.25) is 5.91 Å². The third-order valence-electron chi connectivity index (χ3n) is 8.59. The van der Waals surface area contributed by atoms with E-state index >= 15 is 0 Å². The molecule has 8 heteroatoms. The second kappa shape index (κ2) is 11.4. The van der Waals surface area contributed by atoms with Crippen LogP contribution in [-0.4, -0.2) is 31.8 Å². The van der Waals surface area contributed by atoms with Crippen LogP contribution in [0.25, 0.3) is 0 Å². The first kappa shape index (κ1) is 26.6. The Morgan fingerprint density at radius 3 is 2.05 bits per heavy atom. The van der Waals surface area contributed by atoms with E-state index in [1.807, 2.05) is 18.2 Å². The average molecular weight is 528 g/mol. The fraction of sp³-hybridized carbons (Fsp3) is 0.567. The van der Waals surface area contributed by atoms with Gasteiger partial charge in [0, 0.05) is 24.6 Å². The van der Waals surface area contributed by atoms with Gasteiger partial charge in [-0.3, -0.25) is 4.79 Å². The molecule has 1 unspecified atom stereocenters. The standard InChI is InChI=1S/C30H39F2N3O3/c1-37-26-14-13-19(15-27(26)38-2)18-30(34-24-16-22(31)23(32)17-25(24)35-30)28(20-9-5-3-6-10-20)29(36)33-21-11-7-4-8-12-21/h13-17,20-21,28,34-35H,3-12,18H2,1-2H3,(H,33,36). The molecule has 5 rings (SSSR count). The molecule has 1 atom stereocenters. The molecule has 2 aromatic rings. The fourth-order valence-corrected chi connectivity index (χ4v) is 6.78. The zero-order valence-corrected chi connectivity index (χ0v) is 22.4. The van der Waals surface area contributed by atoms with Gasteiger partial charge in [-0.1, -0.05) is 44.6 Å². The minimum Gasteiger partial charge on any atom is -0.493 e. The van der Waals surface area contributed by atoms with Gasteiger partial charge in [-0.2, -0.15) is 0 Å². The van der Waals surface area contributed by atoms with Gasteiger partial charge < -0.3 is 25.4 Å². The molecule has 0 radical (unpaired) electrons. The van der Waals surface area contributed by atoms with Crippen LogP contribution in [-0.2, 0) is 11.2 Å². The molecule has 0 bridgehead atoms. The maximum absolute atomic E-state index is 14.3. The number of fused-ring (bicyclic) bond motifs is 1. The number of hydrogen-bond donors (Lipinski definition) is 3. The summed E-state index contributed by atoms with van der Waals surface area (Å²) in [6.45, 7) is 0. The predicted octanol–water partition coefficient (Wildman–Crippen LogP) is 6.40. The monoisotopic (exact) mass is 527 g/mol. The average Bonchev–Trinajstić information content (AvgIpc) is 3.26. The number of amides is 1. The first-order chi connectivity index (χ1) is 18.4. The number of carbonyl (C=O) groups excluding carboxylic acids is 1. The fourth-order valence-electron chi connectivity index (χ4n) is 6.78. The Morgan fingerprint density at radius 1 is 0.895 bits per heavy atom. The van der Waals surface area contributed by atoms with Crippen LogP contribution >= 0.6 is 0 Å².